The Labute approximate surface area is 100 Å². The maximum atomic E-state index is 12.2. The summed E-state index contributed by atoms with van der Waals surface area (Å²) >= 11 is 0. The Kier molecular flexibility index (Phi) is 4.90. The van der Waals surface area contributed by atoms with Gasteiger partial charge in [0.05, 0.1) is 6.61 Å². The zero-order valence-electron chi connectivity index (χ0n) is 10.2. The van der Waals surface area contributed by atoms with Gasteiger partial charge < -0.3 is 14.6 Å². The summed E-state index contributed by atoms with van der Waals surface area (Å²) in [6.45, 7) is 2.74. The number of aliphatic hydroxyl groups excluding tert-OH is 1. The third kappa shape index (κ3) is 3.17. The summed E-state index contributed by atoms with van der Waals surface area (Å²) in [5, 5.41) is 8.92. The molecule has 0 saturated carbocycles. The molecule has 5 nitrogen and oxygen atoms in total. The van der Waals surface area contributed by atoms with E-state index in [1.807, 2.05) is 6.92 Å². The van der Waals surface area contributed by atoms with E-state index in [1.54, 1.807) is 24.1 Å². The van der Waals surface area contributed by atoms with Crippen molar-refractivity contribution < 1.29 is 9.90 Å². The summed E-state index contributed by atoms with van der Waals surface area (Å²) in [6, 6.07) is 4.59. The van der Waals surface area contributed by atoms with E-state index in [0.717, 1.165) is 6.42 Å². The van der Waals surface area contributed by atoms with Crippen molar-refractivity contribution in [1.29, 1.82) is 0 Å². The highest BCUT2D eigenvalue weighted by Gasteiger charge is 2.16. The molecule has 1 amide bonds. The van der Waals surface area contributed by atoms with E-state index in [-0.39, 0.29) is 24.6 Å². The van der Waals surface area contributed by atoms with E-state index in [0.29, 0.717) is 12.2 Å². The van der Waals surface area contributed by atoms with Crippen molar-refractivity contribution >= 4 is 5.91 Å². The Hall–Kier alpha value is -1.62. The van der Waals surface area contributed by atoms with Gasteiger partial charge in [-0.15, -0.1) is 0 Å². The van der Waals surface area contributed by atoms with Gasteiger partial charge in [-0.2, -0.15) is 0 Å². The predicted octanol–water partition coefficient (Wildman–Crippen LogP) is 0.230. The van der Waals surface area contributed by atoms with Crippen LogP contribution in [-0.4, -0.2) is 40.2 Å². The molecule has 0 bridgehead atoms. The zero-order chi connectivity index (χ0) is 12.8. The Bertz CT molecular complexity index is 434. The molecule has 0 fully saturated rings. The van der Waals surface area contributed by atoms with Crippen molar-refractivity contribution in [1.82, 2.24) is 9.47 Å². The van der Waals surface area contributed by atoms with E-state index in [9.17, 15) is 9.59 Å². The second-order valence-corrected chi connectivity index (χ2v) is 3.82. The fourth-order valence-electron chi connectivity index (χ4n) is 1.65. The lowest BCUT2D eigenvalue weighted by atomic mass is 10.3. The summed E-state index contributed by atoms with van der Waals surface area (Å²) < 4.78 is 1.32. The predicted molar refractivity (Wildman–Crippen MR) is 65.0 cm³/mol. The SMILES string of the molecule is CCCN(CCO)C(=O)c1cccc(=O)n1C. The molecule has 1 heterocycles. The summed E-state index contributed by atoms with van der Waals surface area (Å²) in [4.78, 5) is 25.1. The molecule has 0 aliphatic heterocycles. The van der Waals surface area contributed by atoms with E-state index in [4.69, 9.17) is 5.11 Å². The molecule has 1 aromatic heterocycles. The number of carbonyl (C=O) groups excluding carboxylic acids is 1. The van der Waals surface area contributed by atoms with E-state index in [1.165, 1.54) is 10.6 Å². The van der Waals surface area contributed by atoms with Crippen LogP contribution in [0.4, 0.5) is 0 Å². The largest absolute Gasteiger partial charge is 0.395 e. The smallest absolute Gasteiger partial charge is 0.270 e. The molecule has 17 heavy (non-hydrogen) atoms. The highest BCUT2D eigenvalue weighted by atomic mass is 16.3. The molecule has 94 valence electrons. The van der Waals surface area contributed by atoms with Gasteiger partial charge >= 0.3 is 0 Å². The summed E-state index contributed by atoms with van der Waals surface area (Å²) in [5.74, 6) is -0.221. The Balaban J connectivity index is 3.00. The van der Waals surface area contributed by atoms with Crippen LogP contribution in [0.3, 0.4) is 0 Å². The summed E-state index contributed by atoms with van der Waals surface area (Å²) in [6.07, 6.45) is 0.812. The average Bonchev–Trinajstić information content (AvgIpc) is 2.31. The third-order valence-electron chi connectivity index (χ3n) is 2.55. The lowest BCUT2D eigenvalue weighted by molar-refractivity contribution is 0.0711. The fraction of sp³-hybridized carbons (Fsp3) is 0.500. The van der Waals surface area contributed by atoms with Crippen LogP contribution in [0, 0.1) is 0 Å². The number of nitrogens with zero attached hydrogens (tertiary/aromatic N) is 2. The van der Waals surface area contributed by atoms with Gasteiger partial charge in [0, 0.05) is 26.2 Å². The first-order chi connectivity index (χ1) is 8.11. The second kappa shape index (κ2) is 6.20. The molecule has 0 aliphatic carbocycles. The minimum absolute atomic E-state index is 0.0769. The molecule has 0 radical (unpaired) electrons. The van der Waals surface area contributed by atoms with Crippen LogP contribution in [0.2, 0.25) is 0 Å². The number of aliphatic hydroxyl groups is 1. The lowest BCUT2D eigenvalue weighted by Crippen LogP contribution is -2.37. The quantitative estimate of drug-likeness (QED) is 0.798. The van der Waals surface area contributed by atoms with Gasteiger partial charge in [-0.05, 0) is 12.5 Å². The first-order valence-electron chi connectivity index (χ1n) is 5.68. The number of rotatable bonds is 5. The van der Waals surface area contributed by atoms with Gasteiger partial charge in [0.1, 0.15) is 5.69 Å². The van der Waals surface area contributed by atoms with Crippen LogP contribution in [0.15, 0.2) is 23.0 Å². The Morgan fingerprint density at radius 1 is 1.41 bits per heavy atom. The highest BCUT2D eigenvalue weighted by molar-refractivity contribution is 5.92. The van der Waals surface area contributed by atoms with Crippen molar-refractivity contribution in [3.8, 4) is 0 Å². The van der Waals surface area contributed by atoms with Crippen LogP contribution in [0.25, 0.3) is 0 Å². The van der Waals surface area contributed by atoms with E-state index < -0.39 is 0 Å². The van der Waals surface area contributed by atoms with Crippen LogP contribution < -0.4 is 5.56 Å². The lowest BCUT2D eigenvalue weighted by Gasteiger charge is -2.21. The molecule has 0 unspecified atom stereocenters. The van der Waals surface area contributed by atoms with Gasteiger partial charge in [0.2, 0.25) is 0 Å². The maximum absolute atomic E-state index is 12.2. The van der Waals surface area contributed by atoms with Gasteiger partial charge in [-0.25, -0.2) is 0 Å². The Morgan fingerprint density at radius 3 is 2.71 bits per heavy atom. The van der Waals surface area contributed by atoms with Crippen molar-refractivity contribution in [2.45, 2.75) is 13.3 Å². The van der Waals surface area contributed by atoms with Crippen molar-refractivity contribution in [2.75, 3.05) is 19.7 Å². The second-order valence-electron chi connectivity index (χ2n) is 3.82. The van der Waals surface area contributed by atoms with Gasteiger partial charge in [-0.1, -0.05) is 13.0 Å². The van der Waals surface area contributed by atoms with E-state index >= 15 is 0 Å². The molecule has 1 aromatic rings. The molecule has 0 saturated heterocycles. The number of hydrogen-bond acceptors (Lipinski definition) is 3. The van der Waals surface area contributed by atoms with Crippen LogP contribution in [0.1, 0.15) is 23.8 Å². The molecule has 0 spiro atoms. The topological polar surface area (TPSA) is 62.5 Å². The normalized spacial score (nSPS) is 10.3. The summed E-state index contributed by atoms with van der Waals surface area (Å²) in [7, 11) is 1.57. The van der Waals surface area contributed by atoms with Crippen LogP contribution in [0.5, 0.6) is 0 Å². The van der Waals surface area contributed by atoms with E-state index in [2.05, 4.69) is 0 Å². The minimum atomic E-state index is -0.221. The first-order valence-corrected chi connectivity index (χ1v) is 5.68. The van der Waals surface area contributed by atoms with Gasteiger partial charge in [-0.3, -0.25) is 9.59 Å². The molecule has 5 heteroatoms. The summed E-state index contributed by atoms with van der Waals surface area (Å²) in [5.41, 5.74) is 0.135. The molecule has 0 atom stereocenters. The molecule has 0 aromatic carbocycles. The standard InChI is InChI=1S/C12H18N2O3/c1-3-7-14(8-9-15)12(17)10-5-4-6-11(16)13(10)2/h4-6,15H,3,7-9H2,1-2H3. The van der Waals surface area contributed by atoms with Gasteiger partial charge in [0.15, 0.2) is 0 Å². The van der Waals surface area contributed by atoms with Crippen LogP contribution in [-0.2, 0) is 7.05 Å². The first kappa shape index (κ1) is 13.4. The van der Waals surface area contributed by atoms with Gasteiger partial charge in [0.25, 0.3) is 11.5 Å². The van der Waals surface area contributed by atoms with Crippen molar-refractivity contribution in [2.24, 2.45) is 7.05 Å². The third-order valence-corrected chi connectivity index (χ3v) is 2.55. The van der Waals surface area contributed by atoms with Crippen molar-refractivity contribution in [3.63, 3.8) is 0 Å². The van der Waals surface area contributed by atoms with Crippen molar-refractivity contribution in [3.05, 3.63) is 34.2 Å². The molecule has 0 aliphatic rings. The number of pyridine rings is 1. The minimum Gasteiger partial charge on any atom is -0.395 e. The molecular weight excluding hydrogens is 220 g/mol. The number of hydrogen-bond donors (Lipinski definition) is 1. The monoisotopic (exact) mass is 238 g/mol. The molecule has 1 rings (SSSR count). The zero-order valence-corrected chi connectivity index (χ0v) is 10.2. The average molecular weight is 238 g/mol. The molecule has 1 N–H and O–H groups in total. The fourth-order valence-corrected chi connectivity index (χ4v) is 1.65. The Morgan fingerprint density at radius 2 is 2.12 bits per heavy atom. The molecular formula is C12H18N2O3. The number of aromatic nitrogens is 1. The van der Waals surface area contributed by atoms with Crippen LogP contribution >= 0.6 is 0 Å². The highest BCUT2D eigenvalue weighted by Crippen LogP contribution is 2.03. The number of amides is 1. The maximum Gasteiger partial charge on any atom is 0.270 e. The number of carbonyl (C=O) groups is 1.